The van der Waals surface area contributed by atoms with Crippen LogP contribution < -0.4 is 4.74 Å². The third-order valence-electron chi connectivity index (χ3n) is 3.07. The van der Waals surface area contributed by atoms with Crippen LogP contribution in [0.25, 0.3) is 0 Å². The van der Waals surface area contributed by atoms with Crippen molar-refractivity contribution in [3.8, 4) is 5.75 Å². The molecule has 0 fully saturated rings. The first-order chi connectivity index (χ1) is 8.95. The van der Waals surface area contributed by atoms with Crippen LogP contribution in [0, 0.1) is 5.92 Å². The lowest BCUT2D eigenvalue weighted by Gasteiger charge is -2.30. The first kappa shape index (κ1) is 15.5. The summed E-state index contributed by atoms with van der Waals surface area (Å²) < 4.78 is 5.35. The minimum atomic E-state index is -0.803. The van der Waals surface area contributed by atoms with Gasteiger partial charge in [0.25, 0.3) is 0 Å². The van der Waals surface area contributed by atoms with Gasteiger partial charge in [0.15, 0.2) is 0 Å². The van der Waals surface area contributed by atoms with Gasteiger partial charge in [-0.15, -0.1) is 0 Å². The molecule has 1 atom stereocenters. The minimum absolute atomic E-state index is 0.00894. The van der Waals surface area contributed by atoms with Gasteiger partial charge in [-0.25, -0.2) is 0 Å². The van der Waals surface area contributed by atoms with Gasteiger partial charge in [0.2, 0.25) is 0 Å². The second-order valence-corrected chi connectivity index (χ2v) is 5.13. The number of benzene rings is 1. The van der Waals surface area contributed by atoms with E-state index < -0.39 is 5.97 Å². The van der Waals surface area contributed by atoms with Crippen LogP contribution >= 0.6 is 0 Å². The van der Waals surface area contributed by atoms with E-state index in [1.807, 2.05) is 36.1 Å². The summed E-state index contributed by atoms with van der Waals surface area (Å²) >= 11 is 0. The molecule has 0 saturated carbocycles. The lowest BCUT2D eigenvalue weighted by atomic mass is 10.0. The lowest BCUT2D eigenvalue weighted by molar-refractivity contribution is -0.139. The highest BCUT2D eigenvalue weighted by molar-refractivity contribution is 5.69. The first-order valence-electron chi connectivity index (χ1n) is 6.54. The van der Waals surface area contributed by atoms with Gasteiger partial charge in [0, 0.05) is 18.2 Å². The van der Waals surface area contributed by atoms with Crippen molar-refractivity contribution in [3.63, 3.8) is 0 Å². The van der Waals surface area contributed by atoms with E-state index in [1.165, 1.54) is 0 Å². The van der Waals surface area contributed by atoms with Gasteiger partial charge in [-0.05, 0) is 18.9 Å². The van der Waals surface area contributed by atoms with Crippen LogP contribution in [0.2, 0.25) is 0 Å². The fraction of sp³-hybridized carbons (Fsp3) is 0.533. The molecule has 0 radical (unpaired) electrons. The van der Waals surface area contributed by atoms with Crippen molar-refractivity contribution in [1.29, 1.82) is 0 Å². The lowest BCUT2D eigenvalue weighted by Crippen LogP contribution is -2.35. The van der Waals surface area contributed by atoms with Crippen molar-refractivity contribution in [1.82, 2.24) is 4.90 Å². The van der Waals surface area contributed by atoms with E-state index in [2.05, 4.69) is 13.8 Å². The molecule has 0 spiro atoms. The van der Waals surface area contributed by atoms with Gasteiger partial charge in [0.05, 0.1) is 13.7 Å². The third kappa shape index (κ3) is 4.56. The van der Waals surface area contributed by atoms with Gasteiger partial charge < -0.3 is 9.84 Å². The van der Waals surface area contributed by atoms with Gasteiger partial charge in [-0.1, -0.05) is 32.0 Å². The molecule has 0 bridgehead atoms. The first-order valence-corrected chi connectivity index (χ1v) is 6.54. The second-order valence-electron chi connectivity index (χ2n) is 5.13. The average Bonchev–Trinajstić information content (AvgIpc) is 2.36. The Morgan fingerprint density at radius 2 is 1.95 bits per heavy atom. The molecular weight excluding hydrogens is 242 g/mol. The molecule has 0 aliphatic carbocycles. The van der Waals surface area contributed by atoms with E-state index in [9.17, 15) is 4.79 Å². The monoisotopic (exact) mass is 265 g/mol. The number of rotatable bonds is 7. The van der Waals surface area contributed by atoms with Crippen LogP contribution in [0.5, 0.6) is 5.75 Å². The van der Waals surface area contributed by atoms with Crippen LogP contribution in [-0.4, -0.2) is 36.2 Å². The van der Waals surface area contributed by atoms with Crippen molar-refractivity contribution in [2.45, 2.75) is 26.8 Å². The molecule has 1 aromatic carbocycles. The Hall–Kier alpha value is -1.55. The standard InChI is InChI=1S/C15H23NO3/c1-11(2)9-16(10-15(17)18)12(3)13-7-5-6-8-14(13)19-4/h5-8,11-12H,9-10H2,1-4H3,(H,17,18). The Bertz CT molecular complexity index is 418. The highest BCUT2D eigenvalue weighted by Crippen LogP contribution is 2.29. The molecule has 0 heterocycles. The SMILES string of the molecule is COc1ccccc1C(C)N(CC(=O)O)CC(C)C. The summed E-state index contributed by atoms with van der Waals surface area (Å²) in [6.45, 7) is 6.97. The van der Waals surface area contributed by atoms with Crippen molar-refractivity contribution >= 4 is 5.97 Å². The number of ether oxygens (including phenoxy) is 1. The van der Waals surface area contributed by atoms with E-state index in [0.717, 1.165) is 17.9 Å². The minimum Gasteiger partial charge on any atom is -0.496 e. The fourth-order valence-corrected chi connectivity index (χ4v) is 2.21. The van der Waals surface area contributed by atoms with Gasteiger partial charge in [0.1, 0.15) is 5.75 Å². The van der Waals surface area contributed by atoms with E-state index in [0.29, 0.717) is 5.92 Å². The second kappa shape index (κ2) is 7.14. The molecule has 19 heavy (non-hydrogen) atoms. The molecule has 1 N–H and O–H groups in total. The van der Waals surface area contributed by atoms with Crippen LogP contribution in [-0.2, 0) is 4.79 Å². The largest absolute Gasteiger partial charge is 0.496 e. The number of carboxylic acid groups (broad SMARTS) is 1. The zero-order chi connectivity index (χ0) is 14.4. The Kier molecular flexibility index (Phi) is 5.83. The molecule has 106 valence electrons. The van der Waals surface area contributed by atoms with Gasteiger partial charge in [-0.2, -0.15) is 0 Å². The smallest absolute Gasteiger partial charge is 0.317 e. The average molecular weight is 265 g/mol. The molecule has 0 aliphatic rings. The molecule has 0 aliphatic heterocycles. The van der Waals surface area contributed by atoms with E-state index >= 15 is 0 Å². The number of hydrogen-bond acceptors (Lipinski definition) is 3. The van der Waals surface area contributed by atoms with Crippen molar-refractivity contribution < 1.29 is 14.6 Å². The highest BCUT2D eigenvalue weighted by Gasteiger charge is 2.21. The Balaban J connectivity index is 2.96. The predicted molar refractivity (Wildman–Crippen MR) is 75.5 cm³/mol. The molecule has 1 rings (SSSR count). The number of para-hydroxylation sites is 1. The summed E-state index contributed by atoms with van der Waals surface area (Å²) in [5.41, 5.74) is 1.02. The maximum Gasteiger partial charge on any atom is 0.317 e. The summed E-state index contributed by atoms with van der Waals surface area (Å²) in [4.78, 5) is 13.0. The number of methoxy groups -OCH3 is 1. The summed E-state index contributed by atoms with van der Waals surface area (Å²) in [5, 5.41) is 9.05. The Morgan fingerprint density at radius 3 is 2.47 bits per heavy atom. The predicted octanol–water partition coefficient (Wildman–Crippen LogP) is 2.80. The zero-order valence-corrected chi connectivity index (χ0v) is 12.1. The molecule has 4 nitrogen and oxygen atoms in total. The fourth-order valence-electron chi connectivity index (χ4n) is 2.21. The summed E-state index contributed by atoms with van der Waals surface area (Å²) in [5.74, 6) is 0.410. The van der Waals surface area contributed by atoms with E-state index in [-0.39, 0.29) is 12.6 Å². The number of hydrogen-bond donors (Lipinski definition) is 1. The molecular formula is C15H23NO3. The maximum absolute atomic E-state index is 11.0. The van der Waals surface area contributed by atoms with Crippen LogP contribution in [0.15, 0.2) is 24.3 Å². The Morgan fingerprint density at radius 1 is 1.32 bits per heavy atom. The number of carbonyl (C=O) groups is 1. The highest BCUT2D eigenvalue weighted by atomic mass is 16.5. The number of carboxylic acids is 1. The summed E-state index contributed by atoms with van der Waals surface area (Å²) in [7, 11) is 1.63. The molecule has 0 amide bonds. The normalized spacial score (nSPS) is 12.7. The van der Waals surface area contributed by atoms with Gasteiger partial charge >= 0.3 is 5.97 Å². The Labute approximate surface area is 115 Å². The van der Waals surface area contributed by atoms with Crippen molar-refractivity contribution in [2.75, 3.05) is 20.2 Å². The molecule has 1 aromatic rings. The van der Waals surface area contributed by atoms with Crippen LogP contribution in [0.1, 0.15) is 32.4 Å². The number of aliphatic carboxylic acids is 1. The van der Waals surface area contributed by atoms with Crippen molar-refractivity contribution in [2.24, 2.45) is 5.92 Å². The van der Waals surface area contributed by atoms with Crippen LogP contribution in [0.3, 0.4) is 0 Å². The molecule has 4 heteroatoms. The zero-order valence-electron chi connectivity index (χ0n) is 12.1. The maximum atomic E-state index is 11.0. The molecule has 0 saturated heterocycles. The summed E-state index contributed by atoms with van der Waals surface area (Å²) in [6.07, 6.45) is 0. The molecule has 1 unspecified atom stereocenters. The quantitative estimate of drug-likeness (QED) is 0.823. The van der Waals surface area contributed by atoms with Gasteiger partial charge in [-0.3, -0.25) is 9.69 Å². The molecule has 0 aromatic heterocycles. The topological polar surface area (TPSA) is 49.8 Å². The third-order valence-corrected chi connectivity index (χ3v) is 3.07. The summed E-state index contributed by atoms with van der Waals surface area (Å²) in [6, 6.07) is 7.76. The van der Waals surface area contributed by atoms with E-state index in [4.69, 9.17) is 9.84 Å². The van der Waals surface area contributed by atoms with Crippen molar-refractivity contribution in [3.05, 3.63) is 29.8 Å². The number of nitrogens with zero attached hydrogens (tertiary/aromatic N) is 1. The van der Waals surface area contributed by atoms with Crippen LogP contribution in [0.4, 0.5) is 0 Å². The van der Waals surface area contributed by atoms with E-state index in [1.54, 1.807) is 7.11 Å².